The maximum absolute atomic E-state index is 13.5. The van der Waals surface area contributed by atoms with E-state index in [2.05, 4.69) is 211 Å². The third kappa shape index (κ3) is 5.65. The molecule has 0 saturated heterocycles. The van der Waals surface area contributed by atoms with E-state index in [1.54, 1.807) is 0 Å². The predicted molar refractivity (Wildman–Crippen MR) is 245 cm³/mol. The maximum atomic E-state index is 13.5. The zero-order valence-corrected chi connectivity index (χ0v) is 35.2. The SMILES string of the molecule is CC(C)(C)[Si](c1ccccc1)(c1ccccc1)c1cc2ccccc2c(-c2c(O)c([Si](c3ccccc3)(c3ccccc3)C(C)(C)C)cc3ccccc23)c1O. The first-order chi connectivity index (χ1) is 26.9. The lowest BCUT2D eigenvalue weighted by molar-refractivity contribution is 0.474. The zero-order chi connectivity index (χ0) is 39.3. The van der Waals surface area contributed by atoms with Crippen molar-refractivity contribution in [1.82, 2.24) is 0 Å². The van der Waals surface area contributed by atoms with Crippen LogP contribution in [0.15, 0.2) is 182 Å². The van der Waals surface area contributed by atoms with Gasteiger partial charge in [0.05, 0.1) is 0 Å². The third-order valence-corrected chi connectivity index (χ3v) is 23.9. The average Bonchev–Trinajstić information content (AvgIpc) is 3.20. The lowest BCUT2D eigenvalue weighted by atomic mass is 9.92. The van der Waals surface area contributed by atoms with Crippen LogP contribution in [0.25, 0.3) is 32.7 Å². The van der Waals surface area contributed by atoms with Crippen LogP contribution in [-0.2, 0) is 0 Å². The summed E-state index contributed by atoms with van der Waals surface area (Å²) in [7, 11) is -6.09. The molecule has 0 spiro atoms. The molecule has 0 aliphatic heterocycles. The Balaban J connectivity index is 1.59. The van der Waals surface area contributed by atoms with Crippen molar-refractivity contribution >= 4 is 68.8 Å². The summed E-state index contributed by atoms with van der Waals surface area (Å²) in [4.78, 5) is 0. The van der Waals surface area contributed by atoms with Crippen LogP contribution in [-0.4, -0.2) is 26.4 Å². The van der Waals surface area contributed by atoms with Gasteiger partial charge in [0.25, 0.3) is 0 Å². The van der Waals surface area contributed by atoms with Gasteiger partial charge in [0.15, 0.2) is 16.1 Å². The fourth-order valence-corrected chi connectivity index (χ4v) is 21.5. The summed E-state index contributed by atoms with van der Waals surface area (Å²) < 4.78 is 0. The van der Waals surface area contributed by atoms with Crippen LogP contribution >= 0.6 is 0 Å². The van der Waals surface area contributed by atoms with E-state index in [0.717, 1.165) is 31.9 Å². The van der Waals surface area contributed by atoms with E-state index in [4.69, 9.17) is 0 Å². The lowest BCUT2D eigenvalue weighted by Gasteiger charge is -2.45. The molecular weight excluding hydrogens is 713 g/mol. The van der Waals surface area contributed by atoms with Gasteiger partial charge < -0.3 is 10.2 Å². The zero-order valence-electron chi connectivity index (χ0n) is 33.2. The molecule has 0 radical (unpaired) electrons. The highest BCUT2D eigenvalue weighted by Gasteiger charge is 2.53. The minimum atomic E-state index is -3.04. The number of aromatic hydroxyl groups is 2. The Morgan fingerprint density at radius 1 is 0.339 bits per heavy atom. The van der Waals surface area contributed by atoms with Gasteiger partial charge in [-0.25, -0.2) is 0 Å². The number of hydrogen-bond acceptors (Lipinski definition) is 2. The Kier molecular flexibility index (Phi) is 9.39. The Hall–Kier alpha value is -5.69. The van der Waals surface area contributed by atoms with E-state index < -0.39 is 16.1 Å². The minimum absolute atomic E-state index is 0.234. The van der Waals surface area contributed by atoms with Gasteiger partial charge in [-0.05, 0) is 62.7 Å². The van der Waals surface area contributed by atoms with Gasteiger partial charge in [-0.3, -0.25) is 0 Å². The standard InChI is InChI=1S/C52H50O2Si2/c1-51(2,3)55(39-25-11-7-12-26-39,40-27-13-8-14-28-40)45-35-37-23-19-21-33-43(37)47(49(45)53)48-44-34-22-20-24-38(44)36-46(50(48)54)56(52(4,5)6,41-29-15-9-16-30-41)42-31-17-10-18-32-42/h7-36,53-54H,1-6H3. The first-order valence-corrected chi connectivity index (χ1v) is 23.6. The Morgan fingerprint density at radius 2 is 0.589 bits per heavy atom. The summed E-state index contributed by atoms with van der Waals surface area (Å²) in [6.07, 6.45) is 0. The Labute approximate surface area is 333 Å². The quantitative estimate of drug-likeness (QED) is 0.126. The molecule has 8 aromatic carbocycles. The molecule has 0 fully saturated rings. The summed E-state index contributed by atoms with van der Waals surface area (Å²) in [6, 6.07) is 64.5. The molecule has 2 nitrogen and oxygen atoms in total. The number of hydrogen-bond donors (Lipinski definition) is 2. The highest BCUT2D eigenvalue weighted by molar-refractivity contribution is 7.14. The van der Waals surface area contributed by atoms with Crippen LogP contribution in [0.4, 0.5) is 0 Å². The second-order valence-corrected chi connectivity index (χ2v) is 26.6. The van der Waals surface area contributed by atoms with Crippen LogP contribution in [0.1, 0.15) is 41.5 Å². The molecule has 0 atom stereocenters. The maximum Gasteiger partial charge on any atom is 0.158 e. The van der Waals surface area contributed by atoms with E-state index in [1.165, 1.54) is 20.7 Å². The first-order valence-electron chi connectivity index (χ1n) is 19.6. The lowest BCUT2D eigenvalue weighted by Crippen LogP contribution is -2.72. The molecule has 0 aromatic heterocycles. The summed E-state index contributed by atoms with van der Waals surface area (Å²) in [5, 5.41) is 37.1. The predicted octanol–water partition coefficient (Wildman–Crippen LogP) is 9.61. The summed E-state index contributed by atoms with van der Waals surface area (Å²) in [6.45, 7) is 13.9. The molecule has 0 heterocycles. The molecule has 0 unspecified atom stereocenters. The minimum Gasteiger partial charge on any atom is -0.507 e. The van der Waals surface area contributed by atoms with E-state index >= 15 is 0 Å². The molecule has 8 rings (SSSR count). The molecular formula is C52H50O2Si2. The second kappa shape index (κ2) is 14.1. The monoisotopic (exact) mass is 762 g/mol. The van der Waals surface area contributed by atoms with Gasteiger partial charge in [-0.1, -0.05) is 224 Å². The average molecular weight is 763 g/mol. The van der Waals surface area contributed by atoms with Gasteiger partial charge in [0.1, 0.15) is 11.5 Å². The third-order valence-electron chi connectivity index (χ3n) is 12.2. The molecule has 4 heteroatoms. The van der Waals surface area contributed by atoms with Crippen LogP contribution in [0, 0.1) is 0 Å². The highest BCUT2D eigenvalue weighted by atomic mass is 28.3. The van der Waals surface area contributed by atoms with Crippen LogP contribution in [0.3, 0.4) is 0 Å². The normalized spacial score (nSPS) is 12.6. The molecule has 2 N–H and O–H groups in total. The number of benzene rings is 8. The number of phenolic OH excluding ortho intramolecular Hbond substituents is 2. The Bertz CT molecular complexity index is 2390. The van der Waals surface area contributed by atoms with Crippen LogP contribution < -0.4 is 31.1 Å². The van der Waals surface area contributed by atoms with Crippen molar-refractivity contribution in [2.24, 2.45) is 0 Å². The molecule has 0 saturated carbocycles. The summed E-state index contributed by atoms with van der Waals surface area (Å²) in [5.74, 6) is 0.469. The van der Waals surface area contributed by atoms with Gasteiger partial charge in [-0.15, -0.1) is 0 Å². The topological polar surface area (TPSA) is 40.5 Å². The number of fused-ring (bicyclic) bond motifs is 2. The van der Waals surface area contributed by atoms with Crippen LogP contribution in [0.2, 0.25) is 10.1 Å². The summed E-state index contributed by atoms with van der Waals surface area (Å²) >= 11 is 0. The number of phenols is 2. The Morgan fingerprint density at radius 3 is 0.857 bits per heavy atom. The van der Waals surface area contributed by atoms with Gasteiger partial charge in [-0.2, -0.15) is 0 Å². The van der Waals surface area contributed by atoms with Crippen molar-refractivity contribution in [3.63, 3.8) is 0 Å². The molecule has 0 amide bonds. The van der Waals surface area contributed by atoms with Crippen molar-refractivity contribution in [2.75, 3.05) is 0 Å². The smallest absolute Gasteiger partial charge is 0.158 e. The second-order valence-electron chi connectivity index (χ2n) is 17.2. The van der Waals surface area contributed by atoms with Crippen molar-refractivity contribution < 1.29 is 10.2 Å². The number of rotatable bonds is 7. The van der Waals surface area contributed by atoms with Gasteiger partial charge >= 0.3 is 0 Å². The van der Waals surface area contributed by atoms with Crippen molar-refractivity contribution in [3.8, 4) is 22.6 Å². The molecule has 278 valence electrons. The van der Waals surface area contributed by atoms with Gasteiger partial charge in [0.2, 0.25) is 0 Å². The van der Waals surface area contributed by atoms with Crippen molar-refractivity contribution in [3.05, 3.63) is 182 Å². The molecule has 56 heavy (non-hydrogen) atoms. The molecule has 0 aliphatic rings. The molecule has 0 aliphatic carbocycles. The largest absolute Gasteiger partial charge is 0.507 e. The fourth-order valence-electron chi connectivity index (χ4n) is 10.00. The van der Waals surface area contributed by atoms with E-state index in [-0.39, 0.29) is 21.6 Å². The van der Waals surface area contributed by atoms with E-state index in [0.29, 0.717) is 11.1 Å². The van der Waals surface area contributed by atoms with Gasteiger partial charge in [0, 0.05) is 11.1 Å². The first kappa shape index (κ1) is 37.2. The van der Waals surface area contributed by atoms with E-state index in [9.17, 15) is 10.2 Å². The van der Waals surface area contributed by atoms with E-state index in [1.807, 2.05) is 12.1 Å². The van der Waals surface area contributed by atoms with Crippen molar-refractivity contribution in [2.45, 2.75) is 51.6 Å². The molecule has 8 aromatic rings. The van der Waals surface area contributed by atoms with Crippen LogP contribution in [0.5, 0.6) is 11.5 Å². The fraction of sp³-hybridized carbons (Fsp3) is 0.154. The molecule has 0 bridgehead atoms. The van der Waals surface area contributed by atoms with Crippen molar-refractivity contribution in [1.29, 1.82) is 0 Å². The highest BCUT2D eigenvalue weighted by Crippen LogP contribution is 2.48. The summed E-state index contributed by atoms with van der Waals surface area (Å²) in [5.41, 5.74) is 1.36.